The zero-order valence-corrected chi connectivity index (χ0v) is 18.6. The molecule has 1 fully saturated rings. The summed E-state index contributed by atoms with van der Waals surface area (Å²) in [5.74, 6) is 0.943. The molecule has 1 unspecified atom stereocenters. The monoisotopic (exact) mass is 434 g/mol. The molecule has 0 radical (unpaired) electrons. The SMILES string of the molecule is CCN1CCCC(Oc2cc(C)nc(N/C(=N/C)N(C)c3ccc(F)c(Cl)c3)n2)C1. The number of ether oxygens (including phenoxy) is 1. The summed E-state index contributed by atoms with van der Waals surface area (Å²) in [5.41, 5.74) is 1.47. The van der Waals surface area contributed by atoms with Crippen LogP contribution in [-0.2, 0) is 0 Å². The van der Waals surface area contributed by atoms with Gasteiger partial charge in [0.25, 0.3) is 0 Å². The second-order valence-corrected chi connectivity index (χ2v) is 7.68. The molecular formula is C21H28ClFN6O. The number of guanidine groups is 1. The van der Waals surface area contributed by atoms with E-state index in [4.69, 9.17) is 16.3 Å². The van der Waals surface area contributed by atoms with Gasteiger partial charge in [0.15, 0.2) is 0 Å². The molecule has 1 saturated heterocycles. The molecule has 0 aliphatic carbocycles. The van der Waals surface area contributed by atoms with Gasteiger partial charge in [-0.25, -0.2) is 9.37 Å². The molecule has 2 aromatic rings. The van der Waals surface area contributed by atoms with Gasteiger partial charge in [-0.05, 0) is 51.1 Å². The molecule has 3 rings (SSSR count). The van der Waals surface area contributed by atoms with Crippen molar-refractivity contribution in [2.45, 2.75) is 32.8 Å². The summed E-state index contributed by atoms with van der Waals surface area (Å²) < 4.78 is 19.6. The molecule has 0 saturated carbocycles. The molecule has 1 aliphatic heterocycles. The number of aryl methyl sites for hydroxylation is 1. The van der Waals surface area contributed by atoms with Crippen molar-refractivity contribution in [3.05, 3.63) is 40.8 Å². The van der Waals surface area contributed by atoms with Crippen molar-refractivity contribution < 1.29 is 9.13 Å². The molecule has 1 aromatic carbocycles. The Bertz CT molecular complexity index is 909. The highest BCUT2D eigenvalue weighted by Crippen LogP contribution is 2.23. The van der Waals surface area contributed by atoms with Gasteiger partial charge >= 0.3 is 0 Å². The maximum absolute atomic E-state index is 13.5. The van der Waals surface area contributed by atoms with Crippen LogP contribution in [0.15, 0.2) is 29.3 Å². The third kappa shape index (κ3) is 5.58. The van der Waals surface area contributed by atoms with Crippen LogP contribution in [0.5, 0.6) is 5.88 Å². The Labute approximate surface area is 181 Å². The molecular weight excluding hydrogens is 407 g/mol. The molecule has 30 heavy (non-hydrogen) atoms. The molecule has 9 heteroatoms. The number of aromatic nitrogens is 2. The maximum Gasteiger partial charge on any atom is 0.233 e. The molecule has 1 aromatic heterocycles. The number of anilines is 2. The van der Waals surface area contributed by atoms with Crippen molar-refractivity contribution in [2.75, 3.05) is 43.9 Å². The number of nitrogens with zero attached hydrogens (tertiary/aromatic N) is 5. The number of aliphatic imine (C=N–C) groups is 1. The predicted molar refractivity (Wildman–Crippen MR) is 119 cm³/mol. The first-order chi connectivity index (χ1) is 14.4. The maximum atomic E-state index is 13.5. The highest BCUT2D eigenvalue weighted by Gasteiger charge is 2.21. The summed E-state index contributed by atoms with van der Waals surface area (Å²) in [5, 5.41) is 3.17. The molecule has 1 atom stereocenters. The smallest absolute Gasteiger partial charge is 0.233 e. The Morgan fingerprint density at radius 2 is 2.20 bits per heavy atom. The van der Waals surface area contributed by atoms with Gasteiger partial charge in [0.2, 0.25) is 17.8 Å². The summed E-state index contributed by atoms with van der Waals surface area (Å²) in [6.07, 6.45) is 2.24. The van der Waals surface area contributed by atoms with E-state index in [2.05, 4.69) is 32.1 Å². The number of halogens is 2. The van der Waals surface area contributed by atoms with E-state index in [0.29, 0.717) is 23.5 Å². The van der Waals surface area contributed by atoms with Crippen LogP contribution in [-0.4, -0.2) is 60.7 Å². The van der Waals surface area contributed by atoms with Gasteiger partial charge in [0, 0.05) is 38.1 Å². The minimum Gasteiger partial charge on any atom is -0.473 e. The van der Waals surface area contributed by atoms with Crippen molar-refractivity contribution in [1.82, 2.24) is 14.9 Å². The standard InChI is InChI=1S/C21H28ClFN6O/c1-5-29-10-6-7-16(13-29)30-19-11-14(2)25-20(26-19)27-21(24-3)28(4)15-8-9-18(23)17(22)12-15/h8-9,11-12,16H,5-7,10,13H2,1-4H3,(H,24,25,26,27). The minimum atomic E-state index is -0.468. The number of benzene rings is 1. The van der Waals surface area contributed by atoms with Crippen LogP contribution in [0.25, 0.3) is 0 Å². The number of hydrogen-bond acceptors (Lipinski definition) is 5. The fraction of sp³-hybridized carbons (Fsp3) is 0.476. The highest BCUT2D eigenvalue weighted by atomic mass is 35.5. The first-order valence-corrected chi connectivity index (χ1v) is 10.4. The second kappa shape index (κ2) is 10.0. The fourth-order valence-corrected chi connectivity index (χ4v) is 3.60. The van der Waals surface area contributed by atoms with Crippen molar-refractivity contribution >= 4 is 29.2 Å². The Morgan fingerprint density at radius 1 is 1.40 bits per heavy atom. The van der Waals surface area contributed by atoms with E-state index in [-0.39, 0.29) is 11.1 Å². The third-order valence-electron chi connectivity index (χ3n) is 5.07. The molecule has 0 spiro atoms. The lowest BCUT2D eigenvalue weighted by Crippen LogP contribution is -2.41. The number of nitrogens with one attached hydrogen (secondary N) is 1. The summed E-state index contributed by atoms with van der Waals surface area (Å²) in [4.78, 5) is 17.4. The van der Waals surface area contributed by atoms with Crippen molar-refractivity contribution in [1.29, 1.82) is 0 Å². The van der Waals surface area contributed by atoms with Crippen LogP contribution in [0.1, 0.15) is 25.5 Å². The van der Waals surface area contributed by atoms with E-state index in [0.717, 1.165) is 38.2 Å². The topological polar surface area (TPSA) is 65.9 Å². The Hall–Kier alpha value is -2.45. The molecule has 2 heterocycles. The van der Waals surface area contributed by atoms with E-state index < -0.39 is 5.82 Å². The van der Waals surface area contributed by atoms with Crippen LogP contribution in [0, 0.1) is 12.7 Å². The van der Waals surface area contributed by atoms with Gasteiger partial charge in [-0.15, -0.1) is 0 Å². The zero-order chi connectivity index (χ0) is 21.7. The molecule has 1 aliphatic rings. The number of likely N-dealkylation sites (tertiary alicyclic amines) is 1. The number of hydrogen-bond donors (Lipinski definition) is 1. The van der Waals surface area contributed by atoms with E-state index in [1.807, 2.05) is 13.0 Å². The first kappa shape index (κ1) is 22.2. The Morgan fingerprint density at radius 3 is 2.90 bits per heavy atom. The fourth-order valence-electron chi connectivity index (χ4n) is 3.43. The number of piperidine rings is 1. The van der Waals surface area contributed by atoms with Crippen LogP contribution >= 0.6 is 11.6 Å². The van der Waals surface area contributed by atoms with Gasteiger partial charge in [0.1, 0.15) is 11.9 Å². The lowest BCUT2D eigenvalue weighted by atomic mass is 10.1. The lowest BCUT2D eigenvalue weighted by Gasteiger charge is -2.31. The van der Waals surface area contributed by atoms with Gasteiger partial charge in [0.05, 0.1) is 5.02 Å². The number of likely N-dealkylation sites (N-methyl/N-ethyl adjacent to an activating group) is 1. The van der Waals surface area contributed by atoms with Crippen molar-refractivity contribution in [3.8, 4) is 5.88 Å². The van der Waals surface area contributed by atoms with E-state index >= 15 is 0 Å². The average Bonchev–Trinajstić information content (AvgIpc) is 2.73. The number of rotatable bonds is 5. The summed E-state index contributed by atoms with van der Waals surface area (Å²) in [6.45, 7) is 7.09. The second-order valence-electron chi connectivity index (χ2n) is 7.28. The van der Waals surface area contributed by atoms with Crippen LogP contribution < -0.4 is 15.0 Å². The molecule has 7 nitrogen and oxygen atoms in total. The molecule has 0 amide bonds. The highest BCUT2D eigenvalue weighted by molar-refractivity contribution is 6.31. The summed E-state index contributed by atoms with van der Waals surface area (Å²) in [7, 11) is 3.45. The Kier molecular flexibility index (Phi) is 7.44. The van der Waals surface area contributed by atoms with Crippen molar-refractivity contribution in [3.63, 3.8) is 0 Å². The van der Waals surface area contributed by atoms with Gasteiger partial charge < -0.3 is 9.64 Å². The van der Waals surface area contributed by atoms with Crippen molar-refractivity contribution in [2.24, 2.45) is 4.99 Å². The molecule has 0 bridgehead atoms. The lowest BCUT2D eigenvalue weighted by molar-refractivity contribution is 0.0882. The quantitative estimate of drug-likeness (QED) is 0.567. The van der Waals surface area contributed by atoms with E-state index in [1.54, 1.807) is 25.1 Å². The van der Waals surface area contributed by atoms with Gasteiger partial charge in [-0.3, -0.25) is 15.2 Å². The van der Waals surface area contributed by atoms with E-state index in [1.165, 1.54) is 12.1 Å². The zero-order valence-electron chi connectivity index (χ0n) is 17.8. The third-order valence-corrected chi connectivity index (χ3v) is 5.36. The Balaban J connectivity index is 1.74. The molecule has 1 N–H and O–H groups in total. The average molecular weight is 435 g/mol. The van der Waals surface area contributed by atoms with Gasteiger partial charge in [-0.2, -0.15) is 4.98 Å². The van der Waals surface area contributed by atoms with Gasteiger partial charge in [-0.1, -0.05) is 18.5 Å². The summed E-state index contributed by atoms with van der Waals surface area (Å²) >= 11 is 5.91. The largest absolute Gasteiger partial charge is 0.473 e. The van der Waals surface area contributed by atoms with Crippen LogP contribution in [0.3, 0.4) is 0 Å². The van der Waals surface area contributed by atoms with Crippen LogP contribution in [0.4, 0.5) is 16.0 Å². The summed E-state index contributed by atoms with van der Waals surface area (Å²) in [6, 6.07) is 6.32. The predicted octanol–water partition coefficient (Wildman–Crippen LogP) is 3.97. The van der Waals surface area contributed by atoms with Crippen LogP contribution in [0.2, 0.25) is 5.02 Å². The van der Waals surface area contributed by atoms with E-state index in [9.17, 15) is 4.39 Å². The normalized spacial score (nSPS) is 17.7. The minimum absolute atomic E-state index is 0.0471. The molecule has 162 valence electrons. The first-order valence-electron chi connectivity index (χ1n) is 10.1.